The van der Waals surface area contributed by atoms with Gasteiger partial charge in [-0.15, -0.1) is 0 Å². The number of rotatable bonds is 2. The standard InChI is InChI=1S/C7H6ClO2/c8-6-1-3-7(4-2-6)10-5-9/h1-4H,5H2. The van der Waals surface area contributed by atoms with Gasteiger partial charge in [-0.05, 0) is 24.3 Å². The van der Waals surface area contributed by atoms with Gasteiger partial charge in [-0.2, -0.15) is 5.11 Å². The topological polar surface area (TPSA) is 29.1 Å². The molecular weight excluding hydrogens is 152 g/mol. The fraction of sp³-hybridized carbons (Fsp3) is 0.143. The minimum absolute atomic E-state index is 0.554. The lowest BCUT2D eigenvalue weighted by atomic mass is 10.3. The second-order valence-electron chi connectivity index (χ2n) is 1.72. The van der Waals surface area contributed by atoms with E-state index in [2.05, 4.69) is 4.74 Å². The van der Waals surface area contributed by atoms with Crippen LogP contribution in [0.1, 0.15) is 0 Å². The summed E-state index contributed by atoms with van der Waals surface area (Å²) in [4.78, 5) is 0. The molecule has 0 bridgehead atoms. The van der Waals surface area contributed by atoms with E-state index in [1.54, 1.807) is 24.3 Å². The smallest absolute Gasteiger partial charge is 0.221 e. The Kier molecular flexibility index (Phi) is 2.54. The van der Waals surface area contributed by atoms with Gasteiger partial charge in [-0.3, -0.25) is 0 Å². The lowest BCUT2D eigenvalue weighted by Gasteiger charge is -1.98. The maximum atomic E-state index is 9.93. The van der Waals surface area contributed by atoms with E-state index in [-0.39, 0.29) is 0 Å². The van der Waals surface area contributed by atoms with E-state index in [1.807, 2.05) is 0 Å². The lowest BCUT2D eigenvalue weighted by Crippen LogP contribution is -1.91. The van der Waals surface area contributed by atoms with Crippen molar-refractivity contribution in [2.75, 3.05) is 6.79 Å². The van der Waals surface area contributed by atoms with Crippen molar-refractivity contribution in [3.8, 4) is 5.75 Å². The zero-order chi connectivity index (χ0) is 7.40. The quantitative estimate of drug-likeness (QED) is 0.605. The summed E-state index contributed by atoms with van der Waals surface area (Å²) in [5.74, 6) is 0.555. The Morgan fingerprint density at radius 3 is 2.40 bits per heavy atom. The van der Waals surface area contributed by atoms with E-state index < -0.39 is 6.79 Å². The second kappa shape index (κ2) is 3.44. The highest BCUT2D eigenvalue weighted by atomic mass is 35.5. The van der Waals surface area contributed by atoms with Crippen LogP contribution in [0.2, 0.25) is 5.02 Å². The highest BCUT2D eigenvalue weighted by Gasteiger charge is 1.90. The summed E-state index contributed by atoms with van der Waals surface area (Å²) < 4.78 is 4.65. The van der Waals surface area contributed by atoms with E-state index >= 15 is 0 Å². The molecule has 0 unspecified atom stereocenters. The molecule has 3 heteroatoms. The summed E-state index contributed by atoms with van der Waals surface area (Å²) in [5.41, 5.74) is 0. The van der Waals surface area contributed by atoms with E-state index in [4.69, 9.17) is 11.6 Å². The van der Waals surface area contributed by atoms with Gasteiger partial charge >= 0.3 is 0 Å². The molecule has 0 aliphatic heterocycles. The molecule has 0 N–H and O–H groups in total. The average Bonchev–Trinajstić information content (AvgIpc) is 1.95. The molecule has 0 atom stereocenters. The zero-order valence-electron chi connectivity index (χ0n) is 5.21. The van der Waals surface area contributed by atoms with Gasteiger partial charge in [0.25, 0.3) is 0 Å². The van der Waals surface area contributed by atoms with Crippen LogP contribution < -0.4 is 4.74 Å². The number of halogens is 1. The second-order valence-corrected chi connectivity index (χ2v) is 2.15. The molecule has 0 aliphatic rings. The van der Waals surface area contributed by atoms with Gasteiger partial charge in [0.15, 0.2) is 0 Å². The molecule has 2 nitrogen and oxygen atoms in total. The van der Waals surface area contributed by atoms with Crippen molar-refractivity contribution in [1.82, 2.24) is 0 Å². The van der Waals surface area contributed by atoms with Crippen LogP contribution in [-0.4, -0.2) is 6.79 Å². The predicted molar refractivity (Wildman–Crippen MR) is 37.6 cm³/mol. The average molecular weight is 158 g/mol. The Morgan fingerprint density at radius 2 is 1.90 bits per heavy atom. The van der Waals surface area contributed by atoms with Crippen molar-refractivity contribution >= 4 is 11.6 Å². The number of benzene rings is 1. The minimum Gasteiger partial charge on any atom is -0.465 e. The van der Waals surface area contributed by atoms with Crippen LogP contribution in [0.25, 0.3) is 0 Å². The SMILES string of the molecule is [O]COc1ccc(Cl)cc1. The highest BCUT2D eigenvalue weighted by molar-refractivity contribution is 6.30. The van der Waals surface area contributed by atoms with E-state index in [0.29, 0.717) is 10.8 Å². The molecule has 0 amide bonds. The van der Waals surface area contributed by atoms with E-state index in [9.17, 15) is 5.11 Å². The normalized spacial score (nSPS) is 9.40. The number of hydrogen-bond donors (Lipinski definition) is 0. The van der Waals surface area contributed by atoms with Crippen molar-refractivity contribution < 1.29 is 9.84 Å². The Hall–Kier alpha value is -0.730. The first-order valence-corrected chi connectivity index (χ1v) is 3.17. The number of hydrogen-bond acceptors (Lipinski definition) is 1. The maximum absolute atomic E-state index is 9.93. The van der Waals surface area contributed by atoms with E-state index in [0.717, 1.165) is 0 Å². The van der Waals surface area contributed by atoms with Gasteiger partial charge < -0.3 is 4.74 Å². The summed E-state index contributed by atoms with van der Waals surface area (Å²) in [7, 11) is 0. The van der Waals surface area contributed by atoms with Crippen molar-refractivity contribution in [3.63, 3.8) is 0 Å². The van der Waals surface area contributed by atoms with Crippen LogP contribution in [0.4, 0.5) is 0 Å². The van der Waals surface area contributed by atoms with Gasteiger partial charge in [-0.25, -0.2) is 0 Å². The van der Waals surface area contributed by atoms with Gasteiger partial charge in [-0.1, -0.05) is 11.6 Å². The Balaban J connectivity index is 2.69. The predicted octanol–water partition coefficient (Wildman–Crippen LogP) is 2.11. The summed E-state index contributed by atoms with van der Waals surface area (Å²) >= 11 is 5.58. The first-order chi connectivity index (χ1) is 4.83. The lowest BCUT2D eigenvalue weighted by molar-refractivity contribution is 0.0376. The largest absolute Gasteiger partial charge is 0.465 e. The Morgan fingerprint density at radius 1 is 1.30 bits per heavy atom. The molecular formula is C7H6ClO2. The fourth-order valence-corrected chi connectivity index (χ4v) is 0.725. The molecule has 0 saturated carbocycles. The molecule has 0 fully saturated rings. The van der Waals surface area contributed by atoms with Crippen LogP contribution in [0.3, 0.4) is 0 Å². The third kappa shape index (κ3) is 1.90. The van der Waals surface area contributed by atoms with Gasteiger partial charge in [0.2, 0.25) is 6.79 Å². The van der Waals surface area contributed by atoms with Crippen LogP contribution in [0, 0.1) is 0 Å². The van der Waals surface area contributed by atoms with Crippen LogP contribution in [0.5, 0.6) is 5.75 Å². The maximum Gasteiger partial charge on any atom is 0.221 e. The summed E-state index contributed by atoms with van der Waals surface area (Å²) in [6.07, 6.45) is 0. The van der Waals surface area contributed by atoms with E-state index in [1.165, 1.54) is 0 Å². The molecule has 1 aromatic carbocycles. The molecule has 53 valence electrons. The number of ether oxygens (including phenoxy) is 1. The van der Waals surface area contributed by atoms with Crippen LogP contribution in [0.15, 0.2) is 24.3 Å². The minimum atomic E-state index is -0.554. The first-order valence-electron chi connectivity index (χ1n) is 2.79. The van der Waals surface area contributed by atoms with Crippen molar-refractivity contribution in [1.29, 1.82) is 0 Å². The molecule has 0 aliphatic carbocycles. The third-order valence-corrected chi connectivity index (χ3v) is 1.29. The molecule has 0 saturated heterocycles. The summed E-state index contributed by atoms with van der Waals surface area (Å²) in [6, 6.07) is 6.65. The Bertz CT molecular complexity index is 195. The molecule has 1 aromatic rings. The van der Waals surface area contributed by atoms with Crippen molar-refractivity contribution in [2.45, 2.75) is 0 Å². The van der Waals surface area contributed by atoms with Gasteiger partial charge in [0.1, 0.15) is 5.75 Å². The first kappa shape index (κ1) is 7.38. The molecule has 0 heterocycles. The fourth-order valence-electron chi connectivity index (χ4n) is 0.599. The molecule has 1 rings (SSSR count). The summed E-state index contributed by atoms with van der Waals surface area (Å²) in [6.45, 7) is -0.554. The summed E-state index contributed by atoms with van der Waals surface area (Å²) in [5, 5.41) is 10.6. The van der Waals surface area contributed by atoms with Gasteiger partial charge in [0, 0.05) is 5.02 Å². The monoisotopic (exact) mass is 157 g/mol. The molecule has 10 heavy (non-hydrogen) atoms. The third-order valence-electron chi connectivity index (χ3n) is 1.04. The van der Waals surface area contributed by atoms with Gasteiger partial charge in [0.05, 0.1) is 0 Å². The van der Waals surface area contributed by atoms with Crippen LogP contribution in [-0.2, 0) is 5.11 Å². The molecule has 0 spiro atoms. The van der Waals surface area contributed by atoms with Crippen LogP contribution >= 0.6 is 11.6 Å². The molecule has 1 radical (unpaired) electrons. The molecule has 0 aromatic heterocycles. The highest BCUT2D eigenvalue weighted by Crippen LogP contribution is 2.14. The van der Waals surface area contributed by atoms with Crippen molar-refractivity contribution in [2.24, 2.45) is 0 Å². The van der Waals surface area contributed by atoms with Crippen molar-refractivity contribution in [3.05, 3.63) is 29.3 Å². The zero-order valence-corrected chi connectivity index (χ0v) is 5.97. The Labute approximate surface area is 64.0 Å².